The van der Waals surface area contributed by atoms with Crippen molar-refractivity contribution in [3.05, 3.63) is 76.6 Å². The number of hydrogen-bond acceptors (Lipinski definition) is 3. The maximum Gasteiger partial charge on any atom is 0.165 e. The second-order valence-corrected chi connectivity index (χ2v) is 5.53. The topological polar surface area (TPSA) is 32.7 Å². The average Bonchev–Trinajstić information content (AvgIpc) is 2.50. The summed E-state index contributed by atoms with van der Waals surface area (Å²) in [6, 6.07) is 10.1. The molecule has 2 aromatic rings. The number of halogens is 3. The Morgan fingerprint density at radius 3 is 2.43 bits per heavy atom. The smallest absolute Gasteiger partial charge is 0.165 e. The van der Waals surface area contributed by atoms with Crippen molar-refractivity contribution >= 4 is 11.6 Å². The molecule has 0 saturated carbocycles. The van der Waals surface area contributed by atoms with Gasteiger partial charge >= 0.3 is 0 Å². The van der Waals surface area contributed by atoms with Crippen molar-refractivity contribution in [3.8, 4) is 5.75 Å². The SMILES string of the molecule is CN(C)/C=C(\Oc1ccc(Cl)cc1)C(O)c1cccc(F)c1F. The van der Waals surface area contributed by atoms with E-state index in [0.717, 1.165) is 6.07 Å². The predicted octanol–water partition coefficient (Wildman–Crippen LogP) is 4.13. The van der Waals surface area contributed by atoms with Crippen LogP contribution in [0.3, 0.4) is 0 Å². The second-order valence-electron chi connectivity index (χ2n) is 5.10. The standard InChI is InChI=1S/C17H16ClF2NO2/c1-21(2)10-15(23-12-8-6-11(18)7-9-12)17(22)13-4-3-5-14(19)16(13)20/h3-10,17,22H,1-2H3/b15-10-. The molecule has 2 rings (SSSR count). The summed E-state index contributed by atoms with van der Waals surface area (Å²) >= 11 is 5.81. The molecule has 1 unspecified atom stereocenters. The maximum absolute atomic E-state index is 13.9. The zero-order valence-electron chi connectivity index (χ0n) is 12.6. The Kier molecular flexibility index (Phi) is 5.58. The number of benzene rings is 2. The zero-order valence-corrected chi connectivity index (χ0v) is 13.4. The van der Waals surface area contributed by atoms with Crippen molar-refractivity contribution in [2.75, 3.05) is 14.1 Å². The highest BCUT2D eigenvalue weighted by Crippen LogP contribution is 2.28. The molecule has 0 fully saturated rings. The minimum Gasteiger partial charge on any atom is -0.457 e. The van der Waals surface area contributed by atoms with Gasteiger partial charge in [0, 0.05) is 30.9 Å². The molecular formula is C17H16ClF2NO2. The molecule has 0 amide bonds. The highest BCUT2D eigenvalue weighted by Gasteiger charge is 2.22. The van der Waals surface area contributed by atoms with Crippen LogP contribution in [-0.2, 0) is 0 Å². The third-order valence-corrected chi connectivity index (χ3v) is 3.23. The molecule has 0 spiro atoms. The van der Waals surface area contributed by atoms with E-state index < -0.39 is 17.7 Å². The first-order valence-corrected chi connectivity index (χ1v) is 7.20. The number of nitrogens with zero attached hydrogens (tertiary/aromatic N) is 1. The molecule has 0 aliphatic heterocycles. The van der Waals surface area contributed by atoms with Crippen molar-refractivity contribution in [2.24, 2.45) is 0 Å². The first-order valence-electron chi connectivity index (χ1n) is 6.82. The summed E-state index contributed by atoms with van der Waals surface area (Å²) in [5, 5.41) is 10.9. The van der Waals surface area contributed by atoms with Gasteiger partial charge in [-0.15, -0.1) is 0 Å². The molecule has 0 saturated heterocycles. The summed E-state index contributed by atoms with van der Waals surface area (Å²) in [4.78, 5) is 1.63. The fourth-order valence-electron chi connectivity index (χ4n) is 1.93. The highest BCUT2D eigenvalue weighted by atomic mass is 35.5. The Bertz CT molecular complexity index is 702. The van der Waals surface area contributed by atoms with E-state index in [4.69, 9.17) is 16.3 Å². The van der Waals surface area contributed by atoms with Crippen LogP contribution in [-0.4, -0.2) is 24.1 Å². The van der Waals surface area contributed by atoms with Crippen LogP contribution >= 0.6 is 11.6 Å². The fourth-order valence-corrected chi connectivity index (χ4v) is 2.06. The van der Waals surface area contributed by atoms with Crippen molar-refractivity contribution < 1.29 is 18.6 Å². The summed E-state index contributed by atoms with van der Waals surface area (Å²) in [6.45, 7) is 0. The fraction of sp³-hybridized carbons (Fsp3) is 0.176. The summed E-state index contributed by atoms with van der Waals surface area (Å²) < 4.78 is 32.9. The molecule has 122 valence electrons. The number of aliphatic hydroxyl groups is 1. The van der Waals surface area contributed by atoms with E-state index in [1.54, 1.807) is 43.3 Å². The number of hydrogen-bond donors (Lipinski definition) is 1. The first-order chi connectivity index (χ1) is 10.9. The van der Waals surface area contributed by atoms with E-state index in [2.05, 4.69) is 0 Å². The lowest BCUT2D eigenvalue weighted by Crippen LogP contribution is -2.14. The van der Waals surface area contributed by atoms with E-state index in [1.807, 2.05) is 0 Å². The van der Waals surface area contributed by atoms with Gasteiger partial charge in [0.05, 0.1) is 0 Å². The minimum atomic E-state index is -1.45. The number of ether oxygens (including phenoxy) is 1. The zero-order chi connectivity index (χ0) is 17.0. The molecule has 0 aliphatic rings. The lowest BCUT2D eigenvalue weighted by Gasteiger charge is -2.19. The number of aliphatic hydroxyl groups excluding tert-OH is 1. The largest absolute Gasteiger partial charge is 0.457 e. The van der Waals surface area contributed by atoms with Crippen LogP contribution in [0.1, 0.15) is 11.7 Å². The van der Waals surface area contributed by atoms with E-state index in [-0.39, 0.29) is 11.3 Å². The van der Waals surface area contributed by atoms with Gasteiger partial charge in [0.1, 0.15) is 11.9 Å². The number of rotatable bonds is 5. The molecule has 0 radical (unpaired) electrons. The second kappa shape index (κ2) is 7.44. The van der Waals surface area contributed by atoms with Gasteiger partial charge in [-0.25, -0.2) is 8.78 Å². The van der Waals surface area contributed by atoms with E-state index in [9.17, 15) is 13.9 Å². The Hall–Kier alpha value is -2.11. The first kappa shape index (κ1) is 17.2. The normalized spacial score (nSPS) is 12.9. The van der Waals surface area contributed by atoms with Crippen LogP contribution in [0.25, 0.3) is 0 Å². The predicted molar refractivity (Wildman–Crippen MR) is 85.2 cm³/mol. The third-order valence-electron chi connectivity index (χ3n) is 2.98. The highest BCUT2D eigenvalue weighted by molar-refractivity contribution is 6.30. The molecule has 2 aromatic carbocycles. The van der Waals surface area contributed by atoms with Crippen LogP contribution in [0.15, 0.2) is 54.4 Å². The molecule has 0 aromatic heterocycles. The van der Waals surface area contributed by atoms with Gasteiger partial charge in [-0.1, -0.05) is 23.7 Å². The summed E-state index contributed by atoms with van der Waals surface area (Å²) in [5.41, 5.74) is -0.202. The molecule has 6 heteroatoms. The van der Waals surface area contributed by atoms with Crippen molar-refractivity contribution in [2.45, 2.75) is 6.10 Å². The molecule has 3 nitrogen and oxygen atoms in total. The molecular weight excluding hydrogens is 324 g/mol. The van der Waals surface area contributed by atoms with E-state index in [1.165, 1.54) is 18.3 Å². The lowest BCUT2D eigenvalue weighted by molar-refractivity contribution is 0.154. The van der Waals surface area contributed by atoms with Gasteiger partial charge in [0.15, 0.2) is 17.4 Å². The van der Waals surface area contributed by atoms with E-state index >= 15 is 0 Å². The summed E-state index contributed by atoms with van der Waals surface area (Å²) in [5.74, 6) is -1.67. The van der Waals surface area contributed by atoms with Crippen LogP contribution < -0.4 is 4.74 Å². The summed E-state index contributed by atoms with van der Waals surface area (Å²) in [7, 11) is 3.44. The van der Waals surface area contributed by atoms with E-state index in [0.29, 0.717) is 10.8 Å². The van der Waals surface area contributed by atoms with Gasteiger partial charge < -0.3 is 14.7 Å². The monoisotopic (exact) mass is 339 g/mol. The lowest BCUT2D eigenvalue weighted by atomic mass is 10.1. The molecule has 1 N–H and O–H groups in total. The Morgan fingerprint density at radius 2 is 1.83 bits per heavy atom. The summed E-state index contributed by atoms with van der Waals surface area (Å²) in [6.07, 6.45) is 0.0349. The van der Waals surface area contributed by atoms with Gasteiger partial charge in [0.25, 0.3) is 0 Å². The van der Waals surface area contributed by atoms with Crippen molar-refractivity contribution in [1.29, 1.82) is 0 Å². The molecule has 23 heavy (non-hydrogen) atoms. The van der Waals surface area contributed by atoms with Crippen LogP contribution in [0.4, 0.5) is 8.78 Å². The Morgan fingerprint density at radius 1 is 1.17 bits per heavy atom. The molecule has 0 heterocycles. The Balaban J connectivity index is 2.34. The minimum absolute atomic E-state index is 0.0572. The molecule has 0 aliphatic carbocycles. The average molecular weight is 340 g/mol. The van der Waals surface area contributed by atoms with Crippen LogP contribution in [0.5, 0.6) is 5.75 Å². The van der Waals surface area contributed by atoms with Crippen LogP contribution in [0, 0.1) is 11.6 Å². The van der Waals surface area contributed by atoms with Gasteiger partial charge in [0.2, 0.25) is 0 Å². The maximum atomic E-state index is 13.9. The van der Waals surface area contributed by atoms with Crippen molar-refractivity contribution in [3.63, 3.8) is 0 Å². The van der Waals surface area contributed by atoms with Gasteiger partial charge in [-0.2, -0.15) is 0 Å². The van der Waals surface area contributed by atoms with Crippen LogP contribution in [0.2, 0.25) is 5.02 Å². The molecule has 1 atom stereocenters. The quantitative estimate of drug-likeness (QED) is 0.831. The third kappa shape index (κ3) is 4.43. The van der Waals surface area contributed by atoms with Crippen molar-refractivity contribution in [1.82, 2.24) is 4.90 Å². The Labute approximate surface area is 138 Å². The molecule has 0 bridgehead atoms. The van der Waals surface area contributed by atoms with Gasteiger partial charge in [-0.05, 0) is 30.3 Å². The van der Waals surface area contributed by atoms with Gasteiger partial charge in [-0.3, -0.25) is 0 Å².